The summed E-state index contributed by atoms with van der Waals surface area (Å²) in [7, 11) is 0. The van der Waals surface area contributed by atoms with Gasteiger partial charge in [-0.15, -0.1) is 0 Å². The number of ether oxygens (including phenoxy) is 2. The highest BCUT2D eigenvalue weighted by Crippen LogP contribution is 2.17. The molecule has 1 aromatic rings. The predicted molar refractivity (Wildman–Crippen MR) is 64.0 cm³/mol. The summed E-state index contributed by atoms with van der Waals surface area (Å²) in [6, 6.07) is 9.22. The van der Waals surface area contributed by atoms with E-state index in [1.807, 2.05) is 32.0 Å². The monoisotopic (exact) mass is 235 g/mol. The second-order valence-corrected chi connectivity index (χ2v) is 4.32. The molecule has 92 valence electrons. The fraction of sp³-hybridized carbons (Fsp3) is 0.462. The van der Waals surface area contributed by atoms with Crippen molar-refractivity contribution >= 4 is 6.09 Å². The van der Waals surface area contributed by atoms with Crippen LogP contribution in [0.3, 0.4) is 0 Å². The van der Waals surface area contributed by atoms with E-state index >= 15 is 0 Å². The van der Waals surface area contributed by atoms with Gasteiger partial charge in [-0.1, -0.05) is 18.2 Å². The fourth-order valence-corrected chi connectivity index (χ4v) is 2.01. The zero-order valence-corrected chi connectivity index (χ0v) is 10.1. The normalized spacial score (nSPS) is 24.5. The summed E-state index contributed by atoms with van der Waals surface area (Å²) >= 11 is 0. The molecule has 1 saturated heterocycles. The Bertz CT molecular complexity index is 370. The lowest BCUT2D eigenvalue weighted by Gasteiger charge is -2.37. The molecule has 1 fully saturated rings. The van der Waals surface area contributed by atoms with E-state index in [1.54, 1.807) is 17.0 Å². The second-order valence-electron chi connectivity index (χ2n) is 4.32. The van der Waals surface area contributed by atoms with E-state index in [4.69, 9.17) is 9.47 Å². The van der Waals surface area contributed by atoms with Gasteiger partial charge >= 0.3 is 6.09 Å². The second kappa shape index (κ2) is 5.19. The number of carbonyl (C=O) groups excluding carboxylic acids is 1. The first-order valence-corrected chi connectivity index (χ1v) is 5.81. The molecule has 2 atom stereocenters. The summed E-state index contributed by atoms with van der Waals surface area (Å²) in [6.45, 7) is 5.05. The molecule has 0 bridgehead atoms. The number of benzene rings is 1. The zero-order valence-electron chi connectivity index (χ0n) is 10.1. The third-order valence-electron chi connectivity index (χ3n) is 2.83. The third-order valence-corrected chi connectivity index (χ3v) is 2.83. The van der Waals surface area contributed by atoms with Crippen molar-refractivity contribution in [3.05, 3.63) is 30.3 Å². The van der Waals surface area contributed by atoms with Gasteiger partial charge < -0.3 is 9.47 Å². The molecule has 4 nitrogen and oxygen atoms in total. The lowest BCUT2D eigenvalue weighted by Crippen LogP contribution is -2.53. The van der Waals surface area contributed by atoms with Crippen LogP contribution < -0.4 is 4.74 Å². The van der Waals surface area contributed by atoms with E-state index in [0.29, 0.717) is 19.0 Å². The average Bonchev–Trinajstić information content (AvgIpc) is 2.30. The lowest BCUT2D eigenvalue weighted by molar-refractivity contribution is -0.0237. The van der Waals surface area contributed by atoms with Crippen LogP contribution in [-0.4, -0.2) is 36.3 Å². The lowest BCUT2D eigenvalue weighted by atomic mass is 10.2. The first-order valence-electron chi connectivity index (χ1n) is 5.81. The molecule has 0 spiro atoms. The molecule has 0 N–H and O–H groups in total. The van der Waals surface area contributed by atoms with Crippen LogP contribution in [0.25, 0.3) is 0 Å². The van der Waals surface area contributed by atoms with Crippen LogP contribution in [0.5, 0.6) is 5.75 Å². The zero-order chi connectivity index (χ0) is 12.3. The molecule has 0 aliphatic carbocycles. The minimum Gasteiger partial charge on any atom is -0.410 e. The Kier molecular flexibility index (Phi) is 3.64. The van der Waals surface area contributed by atoms with Gasteiger partial charge in [-0.25, -0.2) is 4.79 Å². The Labute approximate surface area is 101 Å². The Hall–Kier alpha value is -1.55. The molecule has 4 heteroatoms. The van der Waals surface area contributed by atoms with Gasteiger partial charge in [0.25, 0.3) is 0 Å². The largest absolute Gasteiger partial charge is 0.415 e. The third kappa shape index (κ3) is 2.77. The molecule has 0 saturated carbocycles. The highest BCUT2D eigenvalue weighted by atomic mass is 16.6. The number of hydrogen-bond donors (Lipinski definition) is 0. The summed E-state index contributed by atoms with van der Waals surface area (Å²) in [5.41, 5.74) is 0. The predicted octanol–water partition coefficient (Wildman–Crippen LogP) is 2.29. The Morgan fingerprint density at radius 3 is 2.41 bits per heavy atom. The van der Waals surface area contributed by atoms with E-state index in [-0.39, 0.29) is 18.2 Å². The molecular formula is C13H17NO3. The van der Waals surface area contributed by atoms with Crippen LogP contribution in [0, 0.1) is 0 Å². The summed E-state index contributed by atoms with van der Waals surface area (Å²) in [6.07, 6.45) is -0.306. The summed E-state index contributed by atoms with van der Waals surface area (Å²) < 4.78 is 10.7. The van der Waals surface area contributed by atoms with Crippen molar-refractivity contribution < 1.29 is 14.3 Å². The number of rotatable bonds is 1. The first kappa shape index (κ1) is 11.9. The van der Waals surface area contributed by atoms with Gasteiger partial charge in [-0.2, -0.15) is 0 Å². The van der Waals surface area contributed by atoms with Crippen molar-refractivity contribution in [2.45, 2.75) is 25.9 Å². The van der Waals surface area contributed by atoms with Gasteiger partial charge in [-0.05, 0) is 26.0 Å². The Morgan fingerprint density at radius 2 is 1.82 bits per heavy atom. The highest BCUT2D eigenvalue weighted by Gasteiger charge is 2.31. The standard InChI is InChI=1S/C13H17NO3/c1-10-8-16-9-11(2)14(10)13(15)17-12-6-4-3-5-7-12/h3-7,10-11H,8-9H2,1-2H3. The van der Waals surface area contributed by atoms with Crippen LogP contribution in [0.4, 0.5) is 4.79 Å². The van der Waals surface area contributed by atoms with Gasteiger partial charge in [0.15, 0.2) is 0 Å². The minimum absolute atomic E-state index is 0.0509. The van der Waals surface area contributed by atoms with Crippen molar-refractivity contribution in [1.82, 2.24) is 4.90 Å². The van der Waals surface area contributed by atoms with E-state index in [9.17, 15) is 4.79 Å². The number of nitrogens with zero attached hydrogens (tertiary/aromatic N) is 1. The molecule has 0 radical (unpaired) electrons. The van der Waals surface area contributed by atoms with Crippen LogP contribution in [0.15, 0.2) is 30.3 Å². The Morgan fingerprint density at radius 1 is 1.24 bits per heavy atom. The topological polar surface area (TPSA) is 38.8 Å². The van der Waals surface area contributed by atoms with Crippen LogP contribution in [0.2, 0.25) is 0 Å². The molecule has 1 amide bonds. The van der Waals surface area contributed by atoms with E-state index < -0.39 is 0 Å². The van der Waals surface area contributed by atoms with Crippen molar-refractivity contribution in [3.63, 3.8) is 0 Å². The maximum Gasteiger partial charge on any atom is 0.415 e. The van der Waals surface area contributed by atoms with Crippen LogP contribution >= 0.6 is 0 Å². The number of morpholine rings is 1. The first-order chi connectivity index (χ1) is 8.18. The quantitative estimate of drug-likeness (QED) is 0.749. The molecule has 1 aliphatic rings. The van der Waals surface area contributed by atoms with Crippen molar-refractivity contribution in [2.75, 3.05) is 13.2 Å². The summed E-state index contributed by atoms with van der Waals surface area (Å²) in [5, 5.41) is 0. The molecule has 2 unspecified atom stereocenters. The molecule has 2 rings (SSSR count). The minimum atomic E-state index is -0.306. The van der Waals surface area contributed by atoms with Gasteiger partial charge in [0.2, 0.25) is 0 Å². The molecule has 1 heterocycles. The van der Waals surface area contributed by atoms with E-state index in [2.05, 4.69) is 0 Å². The highest BCUT2D eigenvalue weighted by molar-refractivity contribution is 5.71. The number of para-hydroxylation sites is 1. The number of carbonyl (C=O) groups is 1. The summed E-state index contributed by atoms with van der Waals surface area (Å²) in [4.78, 5) is 13.8. The maximum atomic E-state index is 12.0. The average molecular weight is 235 g/mol. The Balaban J connectivity index is 2.04. The molecule has 1 aromatic carbocycles. The molecule has 17 heavy (non-hydrogen) atoms. The summed E-state index contributed by atoms with van der Waals surface area (Å²) in [5.74, 6) is 0.573. The van der Waals surface area contributed by atoms with E-state index in [0.717, 1.165) is 0 Å². The number of hydrogen-bond acceptors (Lipinski definition) is 3. The van der Waals surface area contributed by atoms with Gasteiger partial charge in [0, 0.05) is 0 Å². The van der Waals surface area contributed by atoms with Crippen molar-refractivity contribution in [2.24, 2.45) is 0 Å². The fourth-order valence-electron chi connectivity index (χ4n) is 2.01. The van der Waals surface area contributed by atoms with E-state index in [1.165, 1.54) is 0 Å². The van der Waals surface area contributed by atoms with Gasteiger partial charge in [0.05, 0.1) is 25.3 Å². The van der Waals surface area contributed by atoms with Gasteiger partial charge in [-0.3, -0.25) is 4.90 Å². The number of amides is 1. The van der Waals surface area contributed by atoms with Crippen LogP contribution in [0.1, 0.15) is 13.8 Å². The SMILES string of the molecule is CC1COCC(C)N1C(=O)Oc1ccccc1. The molecule has 1 aliphatic heterocycles. The van der Waals surface area contributed by atoms with Crippen LogP contribution in [-0.2, 0) is 4.74 Å². The maximum absolute atomic E-state index is 12.0. The molecular weight excluding hydrogens is 218 g/mol. The smallest absolute Gasteiger partial charge is 0.410 e. The van der Waals surface area contributed by atoms with Gasteiger partial charge in [0.1, 0.15) is 5.75 Å². The van der Waals surface area contributed by atoms with Crippen molar-refractivity contribution in [3.8, 4) is 5.75 Å². The van der Waals surface area contributed by atoms with Crippen molar-refractivity contribution in [1.29, 1.82) is 0 Å². The molecule has 0 aromatic heterocycles.